The summed E-state index contributed by atoms with van der Waals surface area (Å²) in [5, 5.41) is 7.61. The molecule has 116 valence electrons. The second-order valence-corrected chi connectivity index (χ2v) is 5.14. The van der Waals surface area contributed by atoms with Crippen LogP contribution in [0.15, 0.2) is 28.7 Å². The van der Waals surface area contributed by atoms with E-state index in [-0.39, 0.29) is 12.5 Å². The molecule has 1 aromatic heterocycles. The lowest BCUT2D eigenvalue weighted by Gasteiger charge is -2.22. The molecule has 0 radical (unpaired) electrons. The average Bonchev–Trinajstić information content (AvgIpc) is 3.06. The zero-order valence-electron chi connectivity index (χ0n) is 12.4. The number of rotatable bonds is 4. The van der Waals surface area contributed by atoms with Gasteiger partial charge in [-0.2, -0.15) is 0 Å². The molecule has 0 unspecified atom stereocenters. The molecule has 0 bridgehead atoms. The van der Waals surface area contributed by atoms with Gasteiger partial charge in [-0.25, -0.2) is 4.79 Å². The first-order valence-corrected chi connectivity index (χ1v) is 7.46. The van der Waals surface area contributed by atoms with Gasteiger partial charge in [0.05, 0.1) is 6.61 Å². The third-order valence-corrected chi connectivity index (χ3v) is 3.73. The Labute approximate surface area is 128 Å². The molecule has 2 aromatic rings. The van der Waals surface area contributed by atoms with E-state index in [9.17, 15) is 4.79 Å². The summed E-state index contributed by atoms with van der Waals surface area (Å²) in [4.78, 5) is 11.5. The Morgan fingerprint density at radius 3 is 2.64 bits per heavy atom. The van der Waals surface area contributed by atoms with Crippen LogP contribution in [0, 0.1) is 0 Å². The van der Waals surface area contributed by atoms with Crippen molar-refractivity contribution in [2.45, 2.75) is 25.7 Å². The number of carbonyl (C=O) groups is 1. The topological polar surface area (TPSA) is 74.5 Å². The fourth-order valence-electron chi connectivity index (χ4n) is 2.54. The number of aromatic nitrogens is 2. The lowest BCUT2D eigenvalue weighted by Crippen LogP contribution is -2.13. The zero-order valence-corrected chi connectivity index (χ0v) is 12.4. The molecule has 1 aliphatic heterocycles. The van der Waals surface area contributed by atoms with Gasteiger partial charge in [-0.1, -0.05) is 12.1 Å². The van der Waals surface area contributed by atoms with E-state index in [0.29, 0.717) is 11.8 Å². The molecule has 22 heavy (non-hydrogen) atoms. The molecular formula is C16H18N2O4. The van der Waals surface area contributed by atoms with E-state index in [1.165, 1.54) is 5.56 Å². The Hall–Kier alpha value is -2.21. The molecule has 3 rings (SSSR count). The van der Waals surface area contributed by atoms with Crippen molar-refractivity contribution in [3.05, 3.63) is 35.7 Å². The van der Waals surface area contributed by atoms with Crippen molar-refractivity contribution in [1.82, 2.24) is 10.2 Å². The number of hydrogen-bond donors (Lipinski definition) is 0. The monoisotopic (exact) mass is 302 g/mol. The minimum atomic E-state index is -0.597. The standard InChI is InChI=1S/C16H18N2O4/c1-2-21-16(19)15-18-17-14(22-15)13-5-3-11(4-6-13)12-7-9-20-10-8-12/h3-6,12H,2,7-10H2,1H3. The van der Waals surface area contributed by atoms with Crippen molar-refractivity contribution in [2.24, 2.45) is 0 Å². The predicted octanol–water partition coefficient (Wildman–Crippen LogP) is 2.81. The summed E-state index contributed by atoms with van der Waals surface area (Å²) in [6.45, 7) is 3.64. The number of carbonyl (C=O) groups excluding carboxylic acids is 1. The Morgan fingerprint density at radius 1 is 1.23 bits per heavy atom. The zero-order chi connectivity index (χ0) is 15.4. The highest BCUT2D eigenvalue weighted by molar-refractivity contribution is 5.84. The molecule has 0 spiro atoms. The highest BCUT2D eigenvalue weighted by Gasteiger charge is 2.18. The van der Waals surface area contributed by atoms with E-state index in [0.717, 1.165) is 31.6 Å². The lowest BCUT2D eigenvalue weighted by atomic mass is 9.91. The first-order valence-electron chi connectivity index (χ1n) is 7.46. The van der Waals surface area contributed by atoms with Crippen LogP contribution in [0.1, 0.15) is 41.9 Å². The molecular weight excluding hydrogens is 284 g/mol. The van der Waals surface area contributed by atoms with Gasteiger partial charge in [0.25, 0.3) is 0 Å². The second-order valence-electron chi connectivity index (χ2n) is 5.14. The Bertz CT molecular complexity index is 630. The summed E-state index contributed by atoms with van der Waals surface area (Å²) in [6.07, 6.45) is 2.10. The summed E-state index contributed by atoms with van der Waals surface area (Å²) < 4.78 is 15.6. The minimum absolute atomic E-state index is 0.120. The van der Waals surface area contributed by atoms with Gasteiger partial charge in [0.1, 0.15) is 0 Å². The van der Waals surface area contributed by atoms with Crippen LogP contribution in [0.2, 0.25) is 0 Å². The SMILES string of the molecule is CCOC(=O)c1nnc(-c2ccc(C3CCOCC3)cc2)o1. The average molecular weight is 302 g/mol. The van der Waals surface area contributed by atoms with Gasteiger partial charge in [-0.05, 0) is 43.4 Å². The fraction of sp³-hybridized carbons (Fsp3) is 0.438. The van der Waals surface area contributed by atoms with Crippen molar-refractivity contribution in [3.63, 3.8) is 0 Å². The molecule has 1 aliphatic rings. The molecule has 1 aromatic carbocycles. The maximum Gasteiger partial charge on any atom is 0.396 e. The Kier molecular flexibility index (Phi) is 4.48. The Morgan fingerprint density at radius 2 is 1.95 bits per heavy atom. The van der Waals surface area contributed by atoms with Crippen molar-refractivity contribution in [1.29, 1.82) is 0 Å². The molecule has 0 amide bonds. The Balaban J connectivity index is 1.73. The fourth-order valence-corrected chi connectivity index (χ4v) is 2.54. The van der Waals surface area contributed by atoms with E-state index in [2.05, 4.69) is 22.3 Å². The molecule has 0 saturated carbocycles. The number of nitrogens with zero attached hydrogens (tertiary/aromatic N) is 2. The quantitative estimate of drug-likeness (QED) is 0.808. The van der Waals surface area contributed by atoms with Gasteiger partial charge < -0.3 is 13.9 Å². The van der Waals surface area contributed by atoms with Crippen LogP contribution in [0.3, 0.4) is 0 Å². The first kappa shape index (κ1) is 14.7. The van der Waals surface area contributed by atoms with E-state index >= 15 is 0 Å². The molecule has 6 nitrogen and oxygen atoms in total. The predicted molar refractivity (Wildman–Crippen MR) is 78.5 cm³/mol. The van der Waals surface area contributed by atoms with Crippen molar-refractivity contribution in [3.8, 4) is 11.5 Å². The maximum atomic E-state index is 11.5. The highest BCUT2D eigenvalue weighted by atomic mass is 16.5. The van der Waals surface area contributed by atoms with Crippen LogP contribution in [0.5, 0.6) is 0 Å². The number of esters is 1. The van der Waals surface area contributed by atoms with Crippen LogP contribution < -0.4 is 0 Å². The van der Waals surface area contributed by atoms with E-state index in [1.807, 2.05) is 12.1 Å². The van der Waals surface area contributed by atoms with Crippen LogP contribution in [-0.4, -0.2) is 36.0 Å². The summed E-state index contributed by atoms with van der Waals surface area (Å²) in [7, 11) is 0. The summed E-state index contributed by atoms with van der Waals surface area (Å²) in [5.41, 5.74) is 2.08. The van der Waals surface area contributed by atoms with Crippen molar-refractivity contribution in [2.75, 3.05) is 19.8 Å². The second kappa shape index (κ2) is 6.70. The number of benzene rings is 1. The summed E-state index contributed by atoms with van der Waals surface area (Å²) in [5.74, 6) is 0.146. The van der Waals surface area contributed by atoms with E-state index < -0.39 is 5.97 Å². The number of ether oxygens (including phenoxy) is 2. The van der Waals surface area contributed by atoms with Gasteiger partial charge in [-0.15, -0.1) is 10.2 Å². The molecule has 2 heterocycles. The summed E-state index contributed by atoms with van der Waals surface area (Å²) >= 11 is 0. The molecule has 1 fully saturated rings. The molecule has 0 aliphatic carbocycles. The summed E-state index contributed by atoms with van der Waals surface area (Å²) in [6, 6.07) is 8.01. The lowest BCUT2D eigenvalue weighted by molar-refractivity contribution is 0.0481. The minimum Gasteiger partial charge on any atom is -0.459 e. The van der Waals surface area contributed by atoms with Crippen LogP contribution in [-0.2, 0) is 9.47 Å². The first-order chi connectivity index (χ1) is 10.8. The van der Waals surface area contributed by atoms with E-state index in [4.69, 9.17) is 13.9 Å². The molecule has 6 heteroatoms. The van der Waals surface area contributed by atoms with E-state index in [1.54, 1.807) is 6.92 Å². The number of hydrogen-bond acceptors (Lipinski definition) is 6. The third-order valence-electron chi connectivity index (χ3n) is 3.73. The smallest absolute Gasteiger partial charge is 0.396 e. The van der Waals surface area contributed by atoms with Gasteiger partial charge in [-0.3, -0.25) is 0 Å². The van der Waals surface area contributed by atoms with Gasteiger partial charge in [0, 0.05) is 18.8 Å². The van der Waals surface area contributed by atoms with Crippen LogP contribution in [0.25, 0.3) is 11.5 Å². The molecule has 0 N–H and O–H groups in total. The molecule has 0 atom stereocenters. The van der Waals surface area contributed by atoms with Gasteiger partial charge >= 0.3 is 11.9 Å². The van der Waals surface area contributed by atoms with Crippen LogP contribution >= 0.6 is 0 Å². The molecule has 1 saturated heterocycles. The van der Waals surface area contributed by atoms with Gasteiger partial charge in [0.2, 0.25) is 5.89 Å². The normalized spacial score (nSPS) is 15.7. The van der Waals surface area contributed by atoms with Gasteiger partial charge in [0.15, 0.2) is 0 Å². The van der Waals surface area contributed by atoms with Crippen molar-refractivity contribution >= 4 is 5.97 Å². The van der Waals surface area contributed by atoms with Crippen LogP contribution in [0.4, 0.5) is 0 Å². The van der Waals surface area contributed by atoms with Crippen molar-refractivity contribution < 1.29 is 18.7 Å². The third kappa shape index (κ3) is 3.17. The largest absolute Gasteiger partial charge is 0.459 e. The maximum absolute atomic E-state index is 11.5. The highest BCUT2D eigenvalue weighted by Crippen LogP contribution is 2.28.